The summed E-state index contributed by atoms with van der Waals surface area (Å²) >= 11 is 3.45. The third-order valence-electron chi connectivity index (χ3n) is 2.54. The Morgan fingerprint density at radius 3 is 2.71 bits per heavy atom. The van der Waals surface area contributed by atoms with Crippen LogP contribution >= 0.6 is 15.9 Å². The van der Waals surface area contributed by atoms with Crippen LogP contribution < -0.4 is 5.32 Å². The van der Waals surface area contributed by atoms with Gasteiger partial charge < -0.3 is 5.32 Å². The van der Waals surface area contributed by atoms with Crippen LogP contribution in [-0.4, -0.2) is 9.97 Å². The van der Waals surface area contributed by atoms with Crippen LogP contribution in [0.2, 0.25) is 0 Å². The molecule has 2 rings (SSSR count). The number of hydrogen-bond acceptors (Lipinski definition) is 3. The first kappa shape index (κ1) is 12.0. The Morgan fingerprint density at radius 2 is 2.00 bits per heavy atom. The molecule has 1 unspecified atom stereocenters. The standard InChI is InChI=1S/C13H14BrN3/c1-9-13(16-7-6-15-9)10(2)17-12-5-3-4-11(14)8-12/h3-8,10,17H,1-2H3. The summed E-state index contributed by atoms with van der Waals surface area (Å²) in [6, 6.07) is 8.22. The molecule has 0 radical (unpaired) electrons. The fraction of sp³-hybridized carbons (Fsp3) is 0.231. The third kappa shape index (κ3) is 3.03. The van der Waals surface area contributed by atoms with Gasteiger partial charge in [0.2, 0.25) is 0 Å². The van der Waals surface area contributed by atoms with Crippen molar-refractivity contribution in [1.29, 1.82) is 0 Å². The summed E-state index contributed by atoms with van der Waals surface area (Å²) in [4.78, 5) is 8.61. The Morgan fingerprint density at radius 1 is 1.24 bits per heavy atom. The van der Waals surface area contributed by atoms with Crippen LogP contribution in [0.5, 0.6) is 0 Å². The van der Waals surface area contributed by atoms with Crippen molar-refractivity contribution in [3.8, 4) is 0 Å². The number of anilines is 1. The maximum atomic E-state index is 4.36. The molecular formula is C13H14BrN3. The second-order valence-corrected chi connectivity index (χ2v) is 4.82. The quantitative estimate of drug-likeness (QED) is 0.937. The second-order valence-electron chi connectivity index (χ2n) is 3.90. The van der Waals surface area contributed by atoms with Crippen LogP contribution in [0.4, 0.5) is 5.69 Å². The molecule has 0 aliphatic heterocycles. The fourth-order valence-corrected chi connectivity index (χ4v) is 2.14. The van der Waals surface area contributed by atoms with Gasteiger partial charge in [0.25, 0.3) is 0 Å². The first-order chi connectivity index (χ1) is 8.16. The Labute approximate surface area is 109 Å². The highest BCUT2D eigenvalue weighted by molar-refractivity contribution is 9.10. The lowest BCUT2D eigenvalue weighted by Crippen LogP contribution is -2.10. The van der Waals surface area contributed by atoms with Crippen LogP contribution in [0.15, 0.2) is 41.1 Å². The Bertz CT molecular complexity index is 514. The van der Waals surface area contributed by atoms with Crippen molar-refractivity contribution in [3.05, 3.63) is 52.5 Å². The SMILES string of the molecule is Cc1nccnc1C(C)Nc1cccc(Br)c1. The first-order valence-electron chi connectivity index (χ1n) is 5.46. The minimum atomic E-state index is 0.137. The van der Waals surface area contributed by atoms with E-state index in [0.29, 0.717) is 0 Å². The van der Waals surface area contributed by atoms with Crippen molar-refractivity contribution in [2.24, 2.45) is 0 Å². The van der Waals surface area contributed by atoms with Crippen molar-refractivity contribution < 1.29 is 0 Å². The largest absolute Gasteiger partial charge is 0.377 e. The number of hydrogen-bond donors (Lipinski definition) is 1. The van der Waals surface area contributed by atoms with Crippen molar-refractivity contribution in [3.63, 3.8) is 0 Å². The van der Waals surface area contributed by atoms with E-state index in [2.05, 4.69) is 38.1 Å². The van der Waals surface area contributed by atoms with Crippen LogP contribution in [0, 0.1) is 6.92 Å². The van der Waals surface area contributed by atoms with Crippen molar-refractivity contribution in [1.82, 2.24) is 9.97 Å². The number of benzene rings is 1. The van der Waals surface area contributed by atoms with E-state index in [0.717, 1.165) is 21.5 Å². The molecule has 1 aromatic heterocycles. The van der Waals surface area contributed by atoms with Gasteiger partial charge in [-0.25, -0.2) is 0 Å². The molecule has 1 N–H and O–H groups in total. The number of nitrogens with one attached hydrogen (secondary N) is 1. The summed E-state index contributed by atoms with van der Waals surface area (Å²) < 4.78 is 1.06. The molecule has 1 aromatic carbocycles. The molecule has 0 fully saturated rings. The van der Waals surface area contributed by atoms with E-state index in [1.54, 1.807) is 12.4 Å². The number of rotatable bonds is 3. The molecule has 0 saturated carbocycles. The Kier molecular flexibility index (Phi) is 3.74. The summed E-state index contributed by atoms with van der Waals surface area (Å²) in [5.41, 5.74) is 3.01. The maximum Gasteiger partial charge on any atom is 0.0835 e. The molecule has 0 bridgehead atoms. The summed E-state index contributed by atoms with van der Waals surface area (Å²) in [7, 11) is 0. The van der Waals surface area contributed by atoms with E-state index in [1.165, 1.54) is 0 Å². The minimum absolute atomic E-state index is 0.137. The lowest BCUT2D eigenvalue weighted by atomic mass is 10.2. The molecule has 0 aliphatic carbocycles. The molecule has 1 heterocycles. The van der Waals surface area contributed by atoms with Crippen LogP contribution in [-0.2, 0) is 0 Å². The van der Waals surface area contributed by atoms with Crippen LogP contribution in [0.1, 0.15) is 24.4 Å². The average molecular weight is 292 g/mol. The lowest BCUT2D eigenvalue weighted by Gasteiger charge is -2.16. The van der Waals surface area contributed by atoms with Gasteiger partial charge in [0, 0.05) is 22.6 Å². The summed E-state index contributed by atoms with van der Waals surface area (Å²) in [5, 5.41) is 3.41. The van der Waals surface area contributed by atoms with Gasteiger partial charge in [-0.15, -0.1) is 0 Å². The van der Waals surface area contributed by atoms with Gasteiger partial charge in [0.05, 0.1) is 17.4 Å². The van der Waals surface area contributed by atoms with E-state index >= 15 is 0 Å². The van der Waals surface area contributed by atoms with Crippen LogP contribution in [0.25, 0.3) is 0 Å². The zero-order valence-corrected chi connectivity index (χ0v) is 11.4. The van der Waals surface area contributed by atoms with E-state index in [9.17, 15) is 0 Å². The van der Waals surface area contributed by atoms with Gasteiger partial charge in [-0.05, 0) is 32.0 Å². The van der Waals surface area contributed by atoms with Gasteiger partial charge >= 0.3 is 0 Å². The maximum absolute atomic E-state index is 4.36. The predicted molar refractivity (Wildman–Crippen MR) is 72.9 cm³/mol. The highest BCUT2D eigenvalue weighted by Gasteiger charge is 2.10. The zero-order chi connectivity index (χ0) is 12.3. The van der Waals surface area contributed by atoms with Crippen LogP contribution in [0.3, 0.4) is 0 Å². The first-order valence-corrected chi connectivity index (χ1v) is 6.25. The van der Waals surface area contributed by atoms with Crippen molar-refractivity contribution in [2.75, 3.05) is 5.32 Å². The fourth-order valence-electron chi connectivity index (χ4n) is 1.74. The highest BCUT2D eigenvalue weighted by atomic mass is 79.9. The molecule has 88 valence electrons. The van der Waals surface area contributed by atoms with E-state index in [-0.39, 0.29) is 6.04 Å². The smallest absolute Gasteiger partial charge is 0.0835 e. The molecule has 2 aromatic rings. The Balaban J connectivity index is 2.17. The Hall–Kier alpha value is -1.42. The molecule has 4 heteroatoms. The molecular weight excluding hydrogens is 278 g/mol. The molecule has 0 saturated heterocycles. The van der Waals surface area contributed by atoms with Crippen molar-refractivity contribution >= 4 is 21.6 Å². The topological polar surface area (TPSA) is 37.8 Å². The molecule has 0 aliphatic rings. The second kappa shape index (κ2) is 5.27. The zero-order valence-electron chi connectivity index (χ0n) is 9.81. The normalized spacial score (nSPS) is 12.2. The lowest BCUT2D eigenvalue weighted by molar-refractivity contribution is 0.810. The van der Waals surface area contributed by atoms with Gasteiger partial charge in [-0.2, -0.15) is 0 Å². The number of aryl methyl sites for hydroxylation is 1. The predicted octanol–water partition coefficient (Wildman–Crippen LogP) is 3.72. The summed E-state index contributed by atoms with van der Waals surface area (Å²) in [6.45, 7) is 4.05. The van der Waals surface area contributed by atoms with Crippen molar-refractivity contribution in [2.45, 2.75) is 19.9 Å². The van der Waals surface area contributed by atoms with Gasteiger partial charge in [-0.1, -0.05) is 22.0 Å². The summed E-state index contributed by atoms with van der Waals surface area (Å²) in [6.07, 6.45) is 3.44. The molecule has 0 amide bonds. The third-order valence-corrected chi connectivity index (χ3v) is 3.03. The number of nitrogens with zero attached hydrogens (tertiary/aromatic N) is 2. The van der Waals surface area contributed by atoms with E-state index < -0.39 is 0 Å². The average Bonchev–Trinajstić information content (AvgIpc) is 2.29. The summed E-state index contributed by atoms with van der Waals surface area (Å²) in [5.74, 6) is 0. The number of halogens is 1. The van der Waals surface area contributed by atoms with Gasteiger partial charge in [0.1, 0.15) is 0 Å². The van der Waals surface area contributed by atoms with Gasteiger partial charge in [0.15, 0.2) is 0 Å². The minimum Gasteiger partial charge on any atom is -0.377 e. The van der Waals surface area contributed by atoms with E-state index in [4.69, 9.17) is 0 Å². The monoisotopic (exact) mass is 291 g/mol. The molecule has 3 nitrogen and oxygen atoms in total. The highest BCUT2D eigenvalue weighted by Crippen LogP contribution is 2.21. The van der Waals surface area contributed by atoms with E-state index in [1.807, 2.05) is 31.2 Å². The molecule has 1 atom stereocenters. The molecule has 17 heavy (non-hydrogen) atoms. The molecule has 0 spiro atoms. The van der Waals surface area contributed by atoms with Gasteiger partial charge in [-0.3, -0.25) is 9.97 Å². The number of aromatic nitrogens is 2.